The van der Waals surface area contributed by atoms with Crippen LogP contribution in [0, 0.1) is 0 Å². The normalized spacial score (nSPS) is 16.7. The van der Waals surface area contributed by atoms with Crippen molar-refractivity contribution in [3.63, 3.8) is 0 Å². The summed E-state index contributed by atoms with van der Waals surface area (Å²) in [5, 5.41) is 0. The number of sulfone groups is 1. The number of aryl methyl sites for hydroxylation is 2. The molecule has 0 unspecified atom stereocenters. The van der Waals surface area contributed by atoms with Gasteiger partial charge in [0, 0.05) is 5.69 Å². The van der Waals surface area contributed by atoms with Gasteiger partial charge in [-0.1, -0.05) is 19.8 Å². The molecule has 1 N–H and O–H groups in total. The number of rotatable bonds is 2. The van der Waals surface area contributed by atoms with Gasteiger partial charge in [0.15, 0.2) is 9.84 Å². The lowest BCUT2D eigenvalue weighted by Gasteiger charge is -2.14. The summed E-state index contributed by atoms with van der Waals surface area (Å²) < 4.78 is 23.7. The first-order valence-electron chi connectivity index (χ1n) is 6.52. The Morgan fingerprint density at radius 2 is 1.83 bits per heavy atom. The van der Waals surface area contributed by atoms with Crippen LogP contribution in [0.15, 0.2) is 15.8 Å². The highest BCUT2D eigenvalue weighted by Gasteiger charge is 2.19. The van der Waals surface area contributed by atoms with Crippen LogP contribution in [0.5, 0.6) is 0 Å². The van der Waals surface area contributed by atoms with E-state index in [1.807, 2.05) is 0 Å². The summed E-state index contributed by atoms with van der Waals surface area (Å²) in [6, 6.07) is 1.60. The second-order valence-electron chi connectivity index (χ2n) is 4.78. The summed E-state index contributed by atoms with van der Waals surface area (Å²) in [4.78, 5) is 14.6. The molecule has 1 aromatic heterocycles. The van der Waals surface area contributed by atoms with Crippen molar-refractivity contribution in [1.29, 1.82) is 0 Å². The average molecular weight is 269 g/mol. The van der Waals surface area contributed by atoms with Gasteiger partial charge in [0.05, 0.1) is 5.75 Å². The van der Waals surface area contributed by atoms with E-state index in [1.165, 1.54) is 12.8 Å². The molecule has 0 bridgehead atoms. The third-order valence-corrected chi connectivity index (χ3v) is 5.25. The molecule has 0 saturated heterocycles. The summed E-state index contributed by atoms with van der Waals surface area (Å²) in [7, 11) is -3.43. The van der Waals surface area contributed by atoms with E-state index in [2.05, 4.69) is 4.98 Å². The molecule has 0 radical (unpaired) electrons. The van der Waals surface area contributed by atoms with Crippen molar-refractivity contribution in [1.82, 2.24) is 4.98 Å². The average Bonchev–Trinajstić information content (AvgIpc) is 2.31. The van der Waals surface area contributed by atoms with E-state index in [-0.39, 0.29) is 10.6 Å². The topological polar surface area (TPSA) is 67.0 Å². The molecule has 5 heteroatoms. The molecule has 1 aliphatic rings. The molecule has 18 heavy (non-hydrogen) atoms. The number of hydrogen-bond acceptors (Lipinski definition) is 3. The van der Waals surface area contributed by atoms with Gasteiger partial charge < -0.3 is 4.98 Å². The van der Waals surface area contributed by atoms with Crippen molar-refractivity contribution in [2.75, 3.05) is 5.75 Å². The molecule has 0 fully saturated rings. The van der Waals surface area contributed by atoms with E-state index in [9.17, 15) is 13.2 Å². The van der Waals surface area contributed by atoms with Crippen LogP contribution < -0.4 is 5.56 Å². The van der Waals surface area contributed by atoms with Crippen LogP contribution in [0.25, 0.3) is 0 Å². The molecule has 4 nitrogen and oxygen atoms in total. The van der Waals surface area contributed by atoms with Crippen molar-refractivity contribution in [2.24, 2.45) is 0 Å². The minimum absolute atomic E-state index is 0.0329. The molecule has 0 amide bonds. The summed E-state index contributed by atoms with van der Waals surface area (Å²) >= 11 is 0. The Kier molecular flexibility index (Phi) is 3.90. The summed E-state index contributed by atoms with van der Waals surface area (Å²) in [5.74, 6) is -0.0329. The molecule has 0 aromatic carbocycles. The fraction of sp³-hybridized carbons (Fsp3) is 0.615. The highest BCUT2D eigenvalue weighted by molar-refractivity contribution is 7.91. The smallest absolute Gasteiger partial charge is 0.266 e. The van der Waals surface area contributed by atoms with Crippen LogP contribution in [-0.4, -0.2) is 19.2 Å². The maximum absolute atomic E-state index is 11.9. The van der Waals surface area contributed by atoms with E-state index in [1.54, 1.807) is 13.0 Å². The molecule has 0 saturated carbocycles. The molecule has 2 rings (SSSR count). The quantitative estimate of drug-likeness (QED) is 0.890. The van der Waals surface area contributed by atoms with Gasteiger partial charge in [-0.05, 0) is 37.3 Å². The van der Waals surface area contributed by atoms with Gasteiger partial charge >= 0.3 is 0 Å². The van der Waals surface area contributed by atoms with Crippen LogP contribution in [0.4, 0.5) is 0 Å². The van der Waals surface area contributed by atoms with E-state index < -0.39 is 15.4 Å². The molecule has 1 heterocycles. The Morgan fingerprint density at radius 3 is 2.50 bits per heavy atom. The third kappa shape index (κ3) is 2.66. The minimum atomic E-state index is -3.43. The Labute approximate surface area is 107 Å². The van der Waals surface area contributed by atoms with Crippen molar-refractivity contribution in [2.45, 2.75) is 50.3 Å². The first-order valence-corrected chi connectivity index (χ1v) is 8.17. The number of aromatic amines is 1. The van der Waals surface area contributed by atoms with Crippen LogP contribution in [0.1, 0.15) is 43.9 Å². The Hall–Kier alpha value is -1.10. The zero-order valence-corrected chi connectivity index (χ0v) is 11.5. The molecular formula is C13H19NO3S. The maximum Gasteiger partial charge on any atom is 0.266 e. The van der Waals surface area contributed by atoms with Gasteiger partial charge in [-0.15, -0.1) is 0 Å². The van der Waals surface area contributed by atoms with Crippen LogP contribution in [0.3, 0.4) is 0 Å². The molecule has 1 aromatic rings. The summed E-state index contributed by atoms with van der Waals surface area (Å²) in [5.41, 5.74) is 1.47. The van der Waals surface area contributed by atoms with E-state index in [0.717, 1.165) is 36.9 Å². The number of H-pyrrole nitrogens is 1. The molecule has 0 spiro atoms. The number of nitrogens with one attached hydrogen (secondary N) is 1. The van der Waals surface area contributed by atoms with Crippen LogP contribution in [0.2, 0.25) is 0 Å². The highest BCUT2D eigenvalue weighted by Crippen LogP contribution is 2.19. The lowest BCUT2D eigenvalue weighted by atomic mass is 9.97. The van der Waals surface area contributed by atoms with Crippen molar-refractivity contribution in [3.05, 3.63) is 27.7 Å². The highest BCUT2D eigenvalue weighted by atomic mass is 32.2. The van der Waals surface area contributed by atoms with Crippen molar-refractivity contribution in [3.8, 4) is 0 Å². The SMILES string of the molecule is CCS(=O)(=O)c1cc2c([nH]c1=O)CCCCCC2. The summed E-state index contributed by atoms with van der Waals surface area (Å²) in [6.07, 6.45) is 6.17. The van der Waals surface area contributed by atoms with E-state index in [0.29, 0.717) is 0 Å². The molecule has 0 atom stereocenters. The predicted octanol–water partition coefficient (Wildman–Crippen LogP) is 1.83. The zero-order valence-electron chi connectivity index (χ0n) is 10.7. The van der Waals surface area contributed by atoms with Gasteiger partial charge in [0.2, 0.25) is 0 Å². The minimum Gasteiger partial charge on any atom is -0.325 e. The molecule has 0 aliphatic heterocycles. The monoisotopic (exact) mass is 269 g/mol. The Morgan fingerprint density at radius 1 is 1.17 bits per heavy atom. The second kappa shape index (κ2) is 5.26. The van der Waals surface area contributed by atoms with Crippen molar-refractivity contribution < 1.29 is 8.42 Å². The van der Waals surface area contributed by atoms with Gasteiger partial charge in [-0.2, -0.15) is 0 Å². The van der Waals surface area contributed by atoms with Gasteiger partial charge in [0.25, 0.3) is 5.56 Å². The molecule has 100 valence electrons. The fourth-order valence-corrected chi connectivity index (χ4v) is 3.36. The third-order valence-electron chi connectivity index (χ3n) is 3.52. The number of hydrogen-bond donors (Lipinski definition) is 1. The molecular weight excluding hydrogens is 250 g/mol. The van der Waals surface area contributed by atoms with Gasteiger partial charge in [-0.25, -0.2) is 8.42 Å². The van der Waals surface area contributed by atoms with Gasteiger partial charge in [-0.3, -0.25) is 4.79 Å². The second-order valence-corrected chi connectivity index (χ2v) is 7.03. The first-order chi connectivity index (χ1) is 8.54. The Balaban J connectivity index is 2.52. The predicted molar refractivity (Wildman–Crippen MR) is 70.7 cm³/mol. The standard InChI is InChI=1S/C13H19NO3S/c1-2-18(16,17)12-9-10-7-5-3-4-6-8-11(10)14-13(12)15/h9H,2-8H2,1H3,(H,14,15). The number of pyridine rings is 1. The van der Waals surface area contributed by atoms with Gasteiger partial charge in [0.1, 0.15) is 4.90 Å². The lowest BCUT2D eigenvalue weighted by Crippen LogP contribution is -2.22. The number of fused-ring (bicyclic) bond motifs is 1. The van der Waals surface area contributed by atoms with Crippen LogP contribution >= 0.6 is 0 Å². The van der Waals surface area contributed by atoms with E-state index in [4.69, 9.17) is 0 Å². The molecule has 1 aliphatic carbocycles. The first kappa shape index (κ1) is 13.3. The summed E-state index contributed by atoms with van der Waals surface area (Å²) in [6.45, 7) is 1.56. The maximum atomic E-state index is 11.9. The Bertz CT molecular complexity index is 587. The zero-order chi connectivity index (χ0) is 13.2. The largest absolute Gasteiger partial charge is 0.325 e. The lowest BCUT2D eigenvalue weighted by molar-refractivity contribution is 0.590. The fourth-order valence-electron chi connectivity index (χ4n) is 2.39. The van der Waals surface area contributed by atoms with Crippen LogP contribution in [-0.2, 0) is 22.7 Å². The van der Waals surface area contributed by atoms with E-state index >= 15 is 0 Å². The van der Waals surface area contributed by atoms with Crippen molar-refractivity contribution >= 4 is 9.84 Å². The number of aromatic nitrogens is 1.